The van der Waals surface area contributed by atoms with Crippen molar-refractivity contribution in [1.82, 2.24) is 10.4 Å². The molecular formula is C27H25N3O3. The maximum Gasteiger partial charge on any atom is 0.272 e. The van der Waals surface area contributed by atoms with Crippen molar-refractivity contribution in [3.8, 4) is 22.8 Å². The Morgan fingerprint density at radius 1 is 0.939 bits per heavy atom. The summed E-state index contributed by atoms with van der Waals surface area (Å²) >= 11 is 0. The summed E-state index contributed by atoms with van der Waals surface area (Å²) in [6, 6.07) is 24.7. The Bertz CT molecular complexity index is 1290. The third-order valence-electron chi connectivity index (χ3n) is 5.00. The number of benzene rings is 3. The van der Waals surface area contributed by atoms with Crippen molar-refractivity contribution in [2.75, 3.05) is 13.2 Å². The molecule has 0 aliphatic heterocycles. The summed E-state index contributed by atoms with van der Waals surface area (Å²) in [5, 5.41) is 4.94. The Labute approximate surface area is 192 Å². The Hall–Kier alpha value is -4.19. The number of hydrazone groups is 1. The van der Waals surface area contributed by atoms with Gasteiger partial charge in [-0.3, -0.25) is 4.79 Å². The first-order valence-corrected chi connectivity index (χ1v) is 10.9. The monoisotopic (exact) mass is 439 g/mol. The smallest absolute Gasteiger partial charge is 0.272 e. The second-order valence-electron chi connectivity index (χ2n) is 7.20. The second kappa shape index (κ2) is 10.4. The fraction of sp³-hybridized carbons (Fsp3) is 0.148. The summed E-state index contributed by atoms with van der Waals surface area (Å²) in [6.45, 7) is 4.92. The Balaban J connectivity index is 1.61. The molecule has 1 heterocycles. The van der Waals surface area contributed by atoms with Gasteiger partial charge in [0.25, 0.3) is 5.91 Å². The number of carbonyl (C=O) groups excluding carboxylic acids is 1. The van der Waals surface area contributed by atoms with Crippen molar-refractivity contribution in [2.45, 2.75) is 13.8 Å². The van der Waals surface area contributed by atoms with Gasteiger partial charge in [0.2, 0.25) is 0 Å². The first-order chi connectivity index (χ1) is 16.2. The van der Waals surface area contributed by atoms with Crippen LogP contribution < -0.4 is 14.9 Å². The van der Waals surface area contributed by atoms with Gasteiger partial charge in [0.1, 0.15) is 11.5 Å². The van der Waals surface area contributed by atoms with E-state index in [1.165, 1.54) is 0 Å². The van der Waals surface area contributed by atoms with Gasteiger partial charge in [0, 0.05) is 22.6 Å². The molecule has 4 aromatic rings. The average molecular weight is 440 g/mol. The quantitative estimate of drug-likeness (QED) is 0.292. The summed E-state index contributed by atoms with van der Waals surface area (Å²) in [5.41, 5.74) is 6.31. The summed E-state index contributed by atoms with van der Waals surface area (Å²) in [4.78, 5) is 17.8. The van der Waals surface area contributed by atoms with E-state index in [-0.39, 0.29) is 5.91 Å². The minimum absolute atomic E-state index is 0.314. The fourth-order valence-electron chi connectivity index (χ4n) is 3.50. The van der Waals surface area contributed by atoms with Gasteiger partial charge in [0.15, 0.2) is 0 Å². The molecule has 0 radical (unpaired) electrons. The molecule has 1 aromatic heterocycles. The third kappa shape index (κ3) is 5.18. The van der Waals surface area contributed by atoms with E-state index in [2.05, 4.69) is 10.5 Å². The van der Waals surface area contributed by atoms with Gasteiger partial charge < -0.3 is 9.47 Å². The van der Waals surface area contributed by atoms with Crippen LogP contribution in [0.5, 0.6) is 11.5 Å². The van der Waals surface area contributed by atoms with Gasteiger partial charge >= 0.3 is 0 Å². The minimum Gasteiger partial charge on any atom is -0.494 e. The number of rotatable bonds is 8. The molecule has 6 nitrogen and oxygen atoms in total. The summed E-state index contributed by atoms with van der Waals surface area (Å²) in [6.07, 6.45) is 1.57. The van der Waals surface area contributed by atoms with E-state index in [0.29, 0.717) is 24.5 Å². The highest BCUT2D eigenvalue weighted by Crippen LogP contribution is 2.26. The van der Waals surface area contributed by atoms with Crippen molar-refractivity contribution in [3.63, 3.8) is 0 Å². The molecule has 6 heteroatoms. The molecular weight excluding hydrogens is 414 g/mol. The molecule has 0 aliphatic rings. The van der Waals surface area contributed by atoms with Gasteiger partial charge in [-0.05, 0) is 38.1 Å². The van der Waals surface area contributed by atoms with Crippen molar-refractivity contribution in [1.29, 1.82) is 0 Å². The molecule has 0 spiro atoms. The van der Waals surface area contributed by atoms with Crippen molar-refractivity contribution in [2.24, 2.45) is 5.10 Å². The van der Waals surface area contributed by atoms with Crippen molar-refractivity contribution >= 4 is 23.0 Å². The lowest BCUT2D eigenvalue weighted by atomic mass is 10.0. The first-order valence-electron chi connectivity index (χ1n) is 10.9. The largest absolute Gasteiger partial charge is 0.494 e. The lowest BCUT2D eigenvalue weighted by Gasteiger charge is -2.10. The number of aromatic nitrogens is 1. The van der Waals surface area contributed by atoms with Crippen LogP contribution in [0.15, 0.2) is 84.0 Å². The van der Waals surface area contributed by atoms with E-state index >= 15 is 0 Å². The molecule has 1 amide bonds. The fourth-order valence-corrected chi connectivity index (χ4v) is 3.50. The molecule has 33 heavy (non-hydrogen) atoms. The van der Waals surface area contributed by atoms with E-state index in [9.17, 15) is 4.79 Å². The van der Waals surface area contributed by atoms with E-state index in [1.807, 2.05) is 86.6 Å². The Morgan fingerprint density at radius 3 is 2.48 bits per heavy atom. The number of nitrogens with zero attached hydrogens (tertiary/aromatic N) is 2. The normalized spacial score (nSPS) is 11.0. The lowest BCUT2D eigenvalue weighted by molar-refractivity contribution is 0.0956. The van der Waals surface area contributed by atoms with Gasteiger partial charge in [0.05, 0.1) is 36.2 Å². The molecule has 4 rings (SSSR count). The summed E-state index contributed by atoms with van der Waals surface area (Å²) in [5.74, 6) is 1.05. The zero-order chi connectivity index (χ0) is 23.0. The van der Waals surface area contributed by atoms with Crippen LogP contribution in [0, 0.1) is 0 Å². The maximum absolute atomic E-state index is 13.1. The van der Waals surface area contributed by atoms with Crippen LogP contribution in [0.25, 0.3) is 22.2 Å². The number of carbonyl (C=O) groups is 1. The number of fused-ring (bicyclic) bond motifs is 1. The number of para-hydroxylation sites is 1. The maximum atomic E-state index is 13.1. The third-order valence-corrected chi connectivity index (χ3v) is 5.00. The Morgan fingerprint density at radius 2 is 1.70 bits per heavy atom. The molecule has 0 atom stereocenters. The van der Waals surface area contributed by atoms with Crippen LogP contribution in [-0.2, 0) is 0 Å². The highest BCUT2D eigenvalue weighted by atomic mass is 16.5. The van der Waals surface area contributed by atoms with Gasteiger partial charge in [-0.25, -0.2) is 10.4 Å². The van der Waals surface area contributed by atoms with E-state index in [4.69, 9.17) is 14.5 Å². The van der Waals surface area contributed by atoms with Crippen LogP contribution >= 0.6 is 0 Å². The lowest BCUT2D eigenvalue weighted by Crippen LogP contribution is -2.18. The topological polar surface area (TPSA) is 72.8 Å². The zero-order valence-corrected chi connectivity index (χ0v) is 18.6. The molecule has 0 unspecified atom stereocenters. The SMILES string of the molecule is CCOc1ccc(/C=N/NC(=O)c2cc(-c3ccccc3)nc3ccccc23)c(OCC)c1. The van der Waals surface area contributed by atoms with Crippen LogP contribution in [0.1, 0.15) is 29.8 Å². The van der Waals surface area contributed by atoms with Crippen molar-refractivity contribution in [3.05, 3.63) is 90.0 Å². The summed E-state index contributed by atoms with van der Waals surface area (Å²) < 4.78 is 11.2. The number of hydrogen-bond donors (Lipinski definition) is 1. The molecule has 0 saturated carbocycles. The zero-order valence-electron chi connectivity index (χ0n) is 18.6. The summed E-state index contributed by atoms with van der Waals surface area (Å²) in [7, 11) is 0. The van der Waals surface area contributed by atoms with E-state index in [0.717, 1.165) is 33.5 Å². The second-order valence-corrected chi connectivity index (χ2v) is 7.20. The van der Waals surface area contributed by atoms with Crippen LogP contribution in [0.4, 0.5) is 0 Å². The minimum atomic E-state index is -0.314. The molecule has 0 saturated heterocycles. The standard InChI is InChI=1S/C27H25N3O3/c1-3-32-21-15-14-20(26(16-21)33-4-2)18-28-30-27(31)23-17-25(19-10-6-5-7-11-19)29-24-13-9-8-12-22(23)24/h5-18H,3-4H2,1-2H3,(H,30,31)/b28-18+. The van der Waals surface area contributed by atoms with Crippen LogP contribution in [0.3, 0.4) is 0 Å². The molecule has 1 N–H and O–H groups in total. The number of ether oxygens (including phenoxy) is 2. The number of amides is 1. The van der Waals surface area contributed by atoms with E-state index < -0.39 is 0 Å². The molecule has 3 aromatic carbocycles. The number of nitrogens with one attached hydrogen (secondary N) is 1. The molecule has 0 aliphatic carbocycles. The van der Waals surface area contributed by atoms with E-state index in [1.54, 1.807) is 12.3 Å². The van der Waals surface area contributed by atoms with Crippen LogP contribution in [-0.4, -0.2) is 30.3 Å². The Kier molecular flexibility index (Phi) is 6.95. The highest BCUT2D eigenvalue weighted by molar-refractivity contribution is 6.07. The average Bonchev–Trinajstić information content (AvgIpc) is 2.85. The predicted molar refractivity (Wildman–Crippen MR) is 131 cm³/mol. The van der Waals surface area contributed by atoms with Crippen molar-refractivity contribution < 1.29 is 14.3 Å². The van der Waals surface area contributed by atoms with Gasteiger partial charge in [-0.1, -0.05) is 48.5 Å². The molecule has 166 valence electrons. The predicted octanol–water partition coefficient (Wildman–Crippen LogP) is 5.46. The van der Waals surface area contributed by atoms with Crippen LogP contribution in [0.2, 0.25) is 0 Å². The first kappa shape index (κ1) is 22.0. The van der Waals surface area contributed by atoms with Gasteiger partial charge in [-0.15, -0.1) is 0 Å². The molecule has 0 fully saturated rings. The number of hydrogen-bond acceptors (Lipinski definition) is 5. The number of pyridine rings is 1. The van der Waals surface area contributed by atoms with Gasteiger partial charge in [-0.2, -0.15) is 5.10 Å². The highest BCUT2D eigenvalue weighted by Gasteiger charge is 2.13. The molecule has 0 bridgehead atoms.